The number of pyridine rings is 1. The molecule has 44 heavy (non-hydrogen) atoms. The Balaban J connectivity index is 1.20. The Morgan fingerprint density at radius 1 is 1.07 bits per heavy atom. The van der Waals surface area contributed by atoms with Gasteiger partial charge in [-0.05, 0) is 59.4 Å². The van der Waals surface area contributed by atoms with Crippen molar-refractivity contribution in [2.75, 3.05) is 30.3 Å². The van der Waals surface area contributed by atoms with Gasteiger partial charge in [0.25, 0.3) is 5.56 Å². The van der Waals surface area contributed by atoms with E-state index in [1.54, 1.807) is 31.3 Å². The van der Waals surface area contributed by atoms with E-state index < -0.39 is 24.3 Å². The van der Waals surface area contributed by atoms with Crippen molar-refractivity contribution >= 4 is 28.6 Å². The zero-order valence-electron chi connectivity index (χ0n) is 23.8. The van der Waals surface area contributed by atoms with Gasteiger partial charge < -0.3 is 30.4 Å². The molecular weight excluding hydrogens is 577 g/mol. The van der Waals surface area contributed by atoms with Crippen molar-refractivity contribution in [3.63, 3.8) is 0 Å². The minimum Gasteiger partial charge on any atom is -0.480 e. The molecule has 2 aliphatic rings. The fourth-order valence-electron chi connectivity index (χ4n) is 6.19. The highest BCUT2D eigenvalue weighted by molar-refractivity contribution is 5.84. The molecule has 2 fully saturated rings. The van der Waals surface area contributed by atoms with E-state index in [2.05, 4.69) is 15.3 Å². The number of nitrogens with one attached hydrogen (secondary N) is 1. The number of carboxylic acids is 1. The fraction of sp³-hybridized carbons (Fsp3) is 0.355. The monoisotopic (exact) mass is 608 g/mol. The predicted molar refractivity (Wildman–Crippen MR) is 158 cm³/mol. The number of ether oxygens (including phenoxy) is 1. The summed E-state index contributed by atoms with van der Waals surface area (Å²) in [6.45, 7) is 1.68. The molecule has 13 heteroatoms. The Bertz CT molecular complexity index is 1770. The van der Waals surface area contributed by atoms with Crippen molar-refractivity contribution in [3.8, 4) is 17.0 Å². The molecule has 1 spiro atoms. The van der Waals surface area contributed by atoms with E-state index in [1.807, 2.05) is 17.0 Å². The van der Waals surface area contributed by atoms with Gasteiger partial charge in [-0.1, -0.05) is 30.3 Å². The molecule has 2 aromatic heterocycles. The highest BCUT2D eigenvalue weighted by atomic mass is 19.4. The van der Waals surface area contributed by atoms with E-state index in [0.29, 0.717) is 50.3 Å². The van der Waals surface area contributed by atoms with Crippen LogP contribution in [0.4, 0.5) is 24.9 Å². The summed E-state index contributed by atoms with van der Waals surface area (Å²) in [4.78, 5) is 33.4. The van der Waals surface area contributed by atoms with Crippen LogP contribution >= 0.6 is 0 Å². The second-order valence-corrected chi connectivity index (χ2v) is 11.6. The number of fused-ring (bicyclic) bond motifs is 1. The number of aliphatic carboxylic acids is 1. The van der Waals surface area contributed by atoms with Gasteiger partial charge in [0.1, 0.15) is 11.9 Å². The Morgan fingerprint density at radius 2 is 1.77 bits per heavy atom. The molecule has 0 amide bonds. The normalized spacial score (nSPS) is 18.9. The van der Waals surface area contributed by atoms with Crippen LogP contribution < -0.4 is 26.2 Å². The zero-order chi connectivity index (χ0) is 31.2. The highest BCUT2D eigenvalue weighted by Gasteiger charge is 2.45. The molecule has 0 radical (unpaired) electrons. The van der Waals surface area contributed by atoms with Gasteiger partial charge in [-0.25, -0.2) is 0 Å². The number of piperidine rings is 1. The van der Waals surface area contributed by atoms with E-state index in [9.17, 15) is 27.9 Å². The maximum Gasteiger partial charge on any atom is 0.429 e. The number of anilines is 2. The first-order valence-corrected chi connectivity index (χ1v) is 14.2. The number of benzene rings is 2. The number of aromatic nitrogens is 3. The van der Waals surface area contributed by atoms with Crippen LogP contribution in [0.2, 0.25) is 0 Å². The highest BCUT2D eigenvalue weighted by Crippen LogP contribution is 2.41. The molecule has 1 unspecified atom stereocenters. The second kappa shape index (κ2) is 11.1. The third kappa shape index (κ3) is 5.79. The molecule has 0 saturated carbocycles. The van der Waals surface area contributed by atoms with Crippen molar-refractivity contribution in [2.24, 2.45) is 12.5 Å². The molecular formula is C31H31F3N6O4. The summed E-state index contributed by atoms with van der Waals surface area (Å²) >= 11 is 0. The molecule has 4 N–H and O–H groups in total. The van der Waals surface area contributed by atoms with Crippen LogP contribution in [0.1, 0.15) is 30.9 Å². The lowest BCUT2D eigenvalue weighted by Gasteiger charge is -2.39. The zero-order valence-corrected chi connectivity index (χ0v) is 23.8. The minimum atomic E-state index is -4.75. The lowest BCUT2D eigenvalue weighted by Crippen LogP contribution is -2.41. The van der Waals surface area contributed by atoms with Gasteiger partial charge in [-0.15, -0.1) is 0 Å². The average molecular weight is 609 g/mol. The van der Waals surface area contributed by atoms with Gasteiger partial charge in [0.15, 0.2) is 0 Å². The van der Waals surface area contributed by atoms with Crippen LogP contribution in [0.3, 0.4) is 0 Å². The van der Waals surface area contributed by atoms with Crippen LogP contribution in [-0.2, 0) is 11.8 Å². The second-order valence-electron chi connectivity index (χ2n) is 11.6. The standard InChI is InChI=1S/C31H31F3N6O4/c1-39-23-8-6-20(14-21(23)7-9-26(39)41)18-2-4-19(5-3-18)27(31(32,33)34)44-25-15-24(37-29(35)38-25)40-12-10-30(11-13-40)16-22(28(42)43)36-17-30/h2-9,14-15,22,27,36H,10-13,16-17H2,1H3,(H,42,43)(H2,35,37,38)/t22-,27?/m0/s1. The number of carboxylic acid groups (broad SMARTS) is 1. The Labute approximate surface area is 250 Å². The van der Waals surface area contributed by atoms with Gasteiger partial charge in [-0.2, -0.15) is 23.1 Å². The van der Waals surface area contributed by atoms with E-state index in [4.69, 9.17) is 10.5 Å². The fourth-order valence-corrected chi connectivity index (χ4v) is 6.19. The molecule has 6 rings (SSSR count). The first kappa shape index (κ1) is 29.4. The molecule has 10 nitrogen and oxygen atoms in total. The summed E-state index contributed by atoms with van der Waals surface area (Å²) in [5, 5.41) is 13.2. The molecule has 4 aromatic rings. The molecule has 4 heterocycles. The SMILES string of the molecule is Cn1c(=O)ccc2cc(-c3ccc(C(Oc4cc(N5CCC6(CC5)CN[C@H](C(=O)O)C6)nc(N)n4)C(F)(F)F)cc3)ccc21. The van der Waals surface area contributed by atoms with Crippen LogP contribution in [-0.4, -0.2) is 57.5 Å². The van der Waals surface area contributed by atoms with Gasteiger partial charge >= 0.3 is 12.1 Å². The number of nitrogens with two attached hydrogens (primary N) is 1. The van der Waals surface area contributed by atoms with E-state index in [1.165, 1.54) is 28.8 Å². The summed E-state index contributed by atoms with van der Waals surface area (Å²) in [7, 11) is 1.68. The van der Waals surface area contributed by atoms with Gasteiger partial charge in [0.05, 0.1) is 5.52 Å². The third-order valence-electron chi connectivity index (χ3n) is 8.72. The Kier molecular flexibility index (Phi) is 7.44. The minimum absolute atomic E-state index is 0.107. The van der Waals surface area contributed by atoms with E-state index in [-0.39, 0.29) is 28.4 Å². The molecule has 2 atom stereocenters. The molecule has 2 saturated heterocycles. The molecule has 0 aliphatic carbocycles. The lowest BCUT2D eigenvalue weighted by molar-refractivity contribution is -0.198. The maximum atomic E-state index is 14.3. The number of aryl methyl sites for hydroxylation is 1. The van der Waals surface area contributed by atoms with Crippen LogP contribution in [0.15, 0.2) is 65.5 Å². The summed E-state index contributed by atoms with van der Waals surface area (Å²) in [6, 6.07) is 15.4. The Morgan fingerprint density at radius 3 is 2.43 bits per heavy atom. The number of nitrogen functional groups attached to an aromatic ring is 1. The number of hydrogen-bond acceptors (Lipinski definition) is 8. The quantitative estimate of drug-likeness (QED) is 0.293. The predicted octanol–water partition coefficient (Wildman–Crippen LogP) is 4.29. The molecule has 2 aliphatic heterocycles. The largest absolute Gasteiger partial charge is 0.480 e. The summed E-state index contributed by atoms with van der Waals surface area (Å²) < 4.78 is 49.8. The number of rotatable bonds is 6. The smallest absolute Gasteiger partial charge is 0.429 e. The first-order chi connectivity index (χ1) is 20.9. The topological polar surface area (TPSA) is 136 Å². The molecule has 0 bridgehead atoms. The van der Waals surface area contributed by atoms with E-state index in [0.717, 1.165) is 16.5 Å². The van der Waals surface area contributed by atoms with Crippen molar-refractivity contribution in [3.05, 3.63) is 76.6 Å². The van der Waals surface area contributed by atoms with Crippen molar-refractivity contribution < 1.29 is 27.8 Å². The summed E-state index contributed by atoms with van der Waals surface area (Å²) in [5.41, 5.74) is 7.75. The molecule has 2 aromatic carbocycles. The maximum absolute atomic E-state index is 14.3. The molecule has 230 valence electrons. The number of nitrogens with zero attached hydrogens (tertiary/aromatic N) is 4. The van der Waals surface area contributed by atoms with Crippen molar-refractivity contribution in [1.82, 2.24) is 19.9 Å². The first-order valence-electron chi connectivity index (χ1n) is 14.2. The van der Waals surface area contributed by atoms with Gasteiger partial charge in [0.2, 0.25) is 17.9 Å². The van der Waals surface area contributed by atoms with Crippen LogP contribution in [0, 0.1) is 5.41 Å². The number of alkyl halides is 3. The van der Waals surface area contributed by atoms with Crippen molar-refractivity contribution in [2.45, 2.75) is 37.6 Å². The van der Waals surface area contributed by atoms with Gasteiger partial charge in [0, 0.05) is 44.4 Å². The summed E-state index contributed by atoms with van der Waals surface area (Å²) in [6.07, 6.45) is -5.10. The number of halogens is 3. The van der Waals surface area contributed by atoms with Crippen molar-refractivity contribution in [1.29, 1.82) is 0 Å². The van der Waals surface area contributed by atoms with Crippen LogP contribution in [0.5, 0.6) is 5.88 Å². The van der Waals surface area contributed by atoms with Crippen LogP contribution in [0.25, 0.3) is 22.0 Å². The summed E-state index contributed by atoms with van der Waals surface area (Å²) in [5.74, 6) is -1.02. The Hall–Kier alpha value is -4.65. The van der Waals surface area contributed by atoms with Gasteiger partial charge in [-0.3, -0.25) is 9.59 Å². The number of carbonyl (C=O) groups is 1. The average Bonchev–Trinajstić information content (AvgIpc) is 3.41. The number of hydrogen-bond donors (Lipinski definition) is 3. The lowest BCUT2D eigenvalue weighted by atomic mass is 9.76. The van der Waals surface area contributed by atoms with E-state index >= 15 is 0 Å². The third-order valence-corrected chi connectivity index (χ3v) is 8.72.